The highest BCUT2D eigenvalue weighted by atomic mass is 16.1. The van der Waals surface area contributed by atoms with Crippen LogP contribution in [0.3, 0.4) is 0 Å². The van der Waals surface area contributed by atoms with Gasteiger partial charge in [-0.15, -0.1) is 0 Å². The van der Waals surface area contributed by atoms with Crippen LogP contribution in [0.5, 0.6) is 0 Å². The second kappa shape index (κ2) is 4.10. The number of rotatable bonds is 4. The number of anilines is 1. The highest BCUT2D eigenvalue weighted by Gasteiger charge is 2.02. The van der Waals surface area contributed by atoms with Crippen molar-refractivity contribution in [2.75, 3.05) is 12.4 Å². The van der Waals surface area contributed by atoms with E-state index in [1.165, 1.54) is 0 Å². The third-order valence-corrected chi connectivity index (χ3v) is 2.18. The Labute approximate surface area is 87.1 Å². The normalized spacial score (nSPS) is 10.5. The molecule has 1 heterocycles. The first-order chi connectivity index (χ1) is 7.35. The first-order valence-electron chi connectivity index (χ1n) is 4.65. The van der Waals surface area contributed by atoms with Gasteiger partial charge in [0.1, 0.15) is 0 Å². The molecule has 0 aliphatic rings. The molecule has 1 amide bonds. The number of carbonyl (C=O) groups excluding carboxylic acids is 1. The van der Waals surface area contributed by atoms with Crippen molar-refractivity contribution in [2.45, 2.75) is 6.67 Å². The molecule has 0 spiro atoms. The molecule has 5 nitrogen and oxygen atoms in total. The van der Waals surface area contributed by atoms with Gasteiger partial charge in [0.25, 0.3) is 0 Å². The molecule has 0 atom stereocenters. The van der Waals surface area contributed by atoms with Gasteiger partial charge in [-0.2, -0.15) is 5.10 Å². The predicted octanol–water partition coefficient (Wildman–Crippen LogP) is 0.781. The molecule has 0 bridgehead atoms. The molecule has 5 heteroatoms. The number of hydrogen-bond acceptors (Lipinski definition) is 3. The van der Waals surface area contributed by atoms with Gasteiger partial charge in [0.05, 0.1) is 18.4 Å². The van der Waals surface area contributed by atoms with Crippen LogP contribution < -0.4 is 10.6 Å². The van der Waals surface area contributed by atoms with Gasteiger partial charge in [-0.3, -0.25) is 9.48 Å². The molecule has 2 rings (SSSR count). The van der Waals surface area contributed by atoms with E-state index in [9.17, 15) is 4.79 Å². The zero-order chi connectivity index (χ0) is 10.7. The summed E-state index contributed by atoms with van der Waals surface area (Å²) in [6.45, 7) is 0.671. The van der Waals surface area contributed by atoms with E-state index in [-0.39, 0.29) is 0 Å². The van der Waals surface area contributed by atoms with Crippen LogP contribution in [0.1, 0.15) is 0 Å². The number of nitrogens with one attached hydrogen (secondary N) is 2. The summed E-state index contributed by atoms with van der Waals surface area (Å²) >= 11 is 0. The molecule has 2 aromatic rings. The second-order valence-electron chi connectivity index (χ2n) is 3.19. The predicted molar refractivity (Wildman–Crippen MR) is 58.5 cm³/mol. The fraction of sp³-hybridized carbons (Fsp3) is 0.200. The minimum Gasteiger partial charge on any atom is -0.329 e. The highest BCUT2D eigenvalue weighted by Crippen LogP contribution is 2.18. The maximum Gasteiger partial charge on any atom is 0.211 e. The molecule has 15 heavy (non-hydrogen) atoms. The van der Waals surface area contributed by atoms with Crippen molar-refractivity contribution >= 4 is 23.0 Å². The van der Waals surface area contributed by atoms with Gasteiger partial charge in [-0.05, 0) is 25.2 Å². The average molecular weight is 204 g/mol. The Morgan fingerprint density at radius 3 is 3.13 bits per heavy atom. The molecular formula is C10H12N4O. The second-order valence-corrected chi connectivity index (χ2v) is 3.19. The van der Waals surface area contributed by atoms with Gasteiger partial charge in [0, 0.05) is 11.1 Å². The van der Waals surface area contributed by atoms with Crippen molar-refractivity contribution in [3.8, 4) is 0 Å². The molecule has 0 unspecified atom stereocenters. The fourth-order valence-corrected chi connectivity index (χ4v) is 1.52. The van der Waals surface area contributed by atoms with Crippen LogP contribution in [0.15, 0.2) is 24.4 Å². The Bertz CT molecular complexity index is 477. The van der Waals surface area contributed by atoms with Crippen molar-refractivity contribution in [2.24, 2.45) is 0 Å². The first kappa shape index (κ1) is 9.67. The lowest BCUT2D eigenvalue weighted by Gasteiger charge is -2.02. The Kier molecular flexibility index (Phi) is 2.64. The van der Waals surface area contributed by atoms with Crippen LogP contribution in [-0.2, 0) is 11.5 Å². The van der Waals surface area contributed by atoms with E-state index < -0.39 is 0 Å². The van der Waals surface area contributed by atoms with Crippen LogP contribution in [0.25, 0.3) is 10.9 Å². The van der Waals surface area contributed by atoms with Crippen LogP contribution in [0.2, 0.25) is 0 Å². The van der Waals surface area contributed by atoms with Gasteiger partial charge in [0.2, 0.25) is 6.41 Å². The zero-order valence-corrected chi connectivity index (χ0v) is 8.40. The molecule has 0 fully saturated rings. The maximum atomic E-state index is 10.3. The lowest BCUT2D eigenvalue weighted by atomic mass is 10.2. The number of carbonyl (C=O) groups is 1. The Morgan fingerprint density at radius 2 is 2.40 bits per heavy atom. The van der Waals surface area contributed by atoms with Crippen molar-refractivity contribution < 1.29 is 4.79 Å². The number of nitrogens with zero attached hydrogens (tertiary/aromatic N) is 2. The van der Waals surface area contributed by atoms with E-state index in [1.54, 1.807) is 6.20 Å². The summed E-state index contributed by atoms with van der Waals surface area (Å²) in [7, 11) is 1.87. The summed E-state index contributed by atoms with van der Waals surface area (Å²) in [6, 6.07) is 5.68. The molecule has 0 saturated heterocycles. The van der Waals surface area contributed by atoms with Gasteiger partial charge in [-0.25, -0.2) is 0 Å². The van der Waals surface area contributed by atoms with Crippen LogP contribution in [0.4, 0.5) is 5.69 Å². The average Bonchev–Trinajstić information content (AvgIpc) is 2.62. The largest absolute Gasteiger partial charge is 0.329 e. The number of amides is 1. The standard InChI is InChI=1S/C10H12N4O/c1-11-6-14-10-3-2-9(12-7-15)4-8(10)5-13-14/h2-5,7,11H,6H2,1H3,(H,12,15). The van der Waals surface area contributed by atoms with Crippen LogP contribution in [0, 0.1) is 0 Å². The number of aromatic nitrogens is 2. The number of fused-ring (bicyclic) bond motifs is 1. The van der Waals surface area contributed by atoms with Crippen molar-refractivity contribution in [3.63, 3.8) is 0 Å². The first-order valence-corrected chi connectivity index (χ1v) is 4.65. The van der Waals surface area contributed by atoms with Gasteiger partial charge in [-0.1, -0.05) is 0 Å². The molecule has 0 saturated carbocycles. The monoisotopic (exact) mass is 204 g/mol. The van der Waals surface area contributed by atoms with Gasteiger partial charge >= 0.3 is 0 Å². The summed E-state index contributed by atoms with van der Waals surface area (Å²) in [4.78, 5) is 10.3. The molecule has 1 aromatic heterocycles. The topological polar surface area (TPSA) is 59.0 Å². The van der Waals surface area contributed by atoms with Crippen molar-refractivity contribution in [1.82, 2.24) is 15.1 Å². The summed E-state index contributed by atoms with van der Waals surface area (Å²) in [5.74, 6) is 0. The number of hydrogen-bond donors (Lipinski definition) is 2. The quantitative estimate of drug-likeness (QED) is 0.723. The SMILES string of the molecule is CNCn1ncc2cc(NC=O)ccc21. The molecule has 2 N–H and O–H groups in total. The summed E-state index contributed by atoms with van der Waals surface area (Å²) in [5.41, 5.74) is 1.82. The maximum absolute atomic E-state index is 10.3. The molecular weight excluding hydrogens is 192 g/mol. The van der Waals surface area contributed by atoms with Gasteiger partial charge in [0.15, 0.2) is 0 Å². The van der Waals surface area contributed by atoms with Gasteiger partial charge < -0.3 is 10.6 Å². The summed E-state index contributed by atoms with van der Waals surface area (Å²) < 4.78 is 1.86. The van der Waals surface area contributed by atoms with Crippen LogP contribution >= 0.6 is 0 Å². The van der Waals surface area contributed by atoms with E-state index in [1.807, 2.05) is 29.9 Å². The summed E-state index contributed by atoms with van der Waals surface area (Å²) in [6.07, 6.45) is 2.45. The molecule has 0 aliphatic heterocycles. The minimum atomic E-state index is 0.666. The molecule has 0 radical (unpaired) electrons. The van der Waals surface area contributed by atoms with E-state index in [0.717, 1.165) is 16.6 Å². The lowest BCUT2D eigenvalue weighted by Crippen LogP contribution is -2.13. The van der Waals surface area contributed by atoms with E-state index >= 15 is 0 Å². The molecule has 1 aromatic carbocycles. The smallest absolute Gasteiger partial charge is 0.211 e. The number of benzene rings is 1. The van der Waals surface area contributed by atoms with Crippen molar-refractivity contribution in [3.05, 3.63) is 24.4 Å². The minimum absolute atomic E-state index is 0.666. The Hall–Kier alpha value is -1.88. The van der Waals surface area contributed by atoms with E-state index in [0.29, 0.717) is 13.1 Å². The lowest BCUT2D eigenvalue weighted by molar-refractivity contribution is -0.105. The van der Waals surface area contributed by atoms with E-state index in [4.69, 9.17) is 0 Å². The van der Waals surface area contributed by atoms with E-state index in [2.05, 4.69) is 15.7 Å². The molecule has 0 aliphatic carbocycles. The Balaban J connectivity index is 2.42. The highest BCUT2D eigenvalue weighted by molar-refractivity contribution is 5.85. The third-order valence-electron chi connectivity index (χ3n) is 2.18. The fourth-order valence-electron chi connectivity index (χ4n) is 1.52. The third kappa shape index (κ3) is 1.82. The molecule has 78 valence electrons. The van der Waals surface area contributed by atoms with Crippen LogP contribution in [-0.4, -0.2) is 23.2 Å². The zero-order valence-electron chi connectivity index (χ0n) is 8.40. The Morgan fingerprint density at radius 1 is 1.53 bits per heavy atom. The van der Waals surface area contributed by atoms with Crippen molar-refractivity contribution in [1.29, 1.82) is 0 Å². The summed E-state index contributed by atoms with van der Waals surface area (Å²) in [5, 5.41) is 10.9.